The summed E-state index contributed by atoms with van der Waals surface area (Å²) in [6.07, 6.45) is 10.0. The third-order valence-electron chi connectivity index (χ3n) is 8.76. The van der Waals surface area contributed by atoms with Crippen LogP contribution in [0, 0.1) is 12.1 Å². The Labute approximate surface area is 311 Å². The quantitative estimate of drug-likeness (QED) is 0.160. The number of hydrogen-bond donors (Lipinski definition) is 0. The van der Waals surface area contributed by atoms with Gasteiger partial charge in [0.25, 0.3) is 0 Å². The van der Waals surface area contributed by atoms with Crippen LogP contribution in [-0.2, 0) is 35.1 Å². The topological polar surface area (TPSA) is 0 Å². The average molecular weight is 719 g/mol. The van der Waals surface area contributed by atoms with E-state index in [0.717, 1.165) is 6.42 Å². The van der Waals surface area contributed by atoms with E-state index >= 15 is 0 Å². The Kier molecular flexibility index (Phi) is 13.4. The van der Waals surface area contributed by atoms with Crippen LogP contribution < -0.4 is 0 Å². The molecule has 49 heavy (non-hydrogen) atoms. The fourth-order valence-corrected chi connectivity index (χ4v) is 6.18. The molecule has 1 aliphatic carbocycles. The van der Waals surface area contributed by atoms with Crippen LogP contribution in [0.4, 0.5) is 0 Å². The van der Waals surface area contributed by atoms with E-state index < -0.39 is 0 Å². The fourth-order valence-electron chi connectivity index (χ4n) is 6.18. The molecular formula is C48H51Zr-3. The van der Waals surface area contributed by atoms with Crippen LogP contribution >= 0.6 is 0 Å². The summed E-state index contributed by atoms with van der Waals surface area (Å²) < 4.78 is 3.34. The summed E-state index contributed by atoms with van der Waals surface area (Å²) in [6.45, 7) is 18.3. The second-order valence-electron chi connectivity index (χ2n) is 14.8. The van der Waals surface area contributed by atoms with Crippen molar-refractivity contribution >= 4 is 25.8 Å². The molecule has 0 bridgehead atoms. The van der Waals surface area contributed by atoms with E-state index in [2.05, 4.69) is 181 Å². The van der Waals surface area contributed by atoms with Gasteiger partial charge < -0.3 is 0 Å². The van der Waals surface area contributed by atoms with E-state index in [-0.39, 0.29) is 10.8 Å². The molecule has 0 aromatic heterocycles. The molecule has 0 N–H and O–H groups in total. The first-order valence-electron chi connectivity index (χ1n) is 17.3. The van der Waals surface area contributed by atoms with E-state index in [1.165, 1.54) is 84.7 Å². The minimum absolute atomic E-state index is 0.0554. The van der Waals surface area contributed by atoms with Gasteiger partial charge in [-0.2, -0.15) is 42.0 Å². The Hall–Kier alpha value is -3.80. The molecule has 6 aromatic rings. The monoisotopic (exact) mass is 717 g/mol. The molecule has 1 heteroatoms. The summed E-state index contributed by atoms with van der Waals surface area (Å²) in [6, 6.07) is 44.8. The Bertz CT molecular complexity index is 1850. The van der Waals surface area contributed by atoms with Crippen molar-refractivity contribution in [2.45, 2.75) is 78.6 Å². The molecule has 0 fully saturated rings. The molecule has 0 radical (unpaired) electrons. The summed E-state index contributed by atoms with van der Waals surface area (Å²) in [4.78, 5) is 0. The predicted octanol–water partition coefficient (Wildman–Crippen LogP) is 13.5. The minimum atomic E-state index is 0.0554. The molecule has 250 valence electrons. The number of rotatable bonds is 3. The number of benzene rings is 5. The maximum absolute atomic E-state index is 3.34. The van der Waals surface area contributed by atoms with Crippen LogP contribution in [0.15, 0.2) is 133 Å². The molecular weight excluding hydrogens is 668 g/mol. The average Bonchev–Trinajstić information content (AvgIpc) is 3.81. The molecule has 7 rings (SSSR count). The summed E-state index contributed by atoms with van der Waals surface area (Å²) in [5.74, 6) is 0.639. The van der Waals surface area contributed by atoms with Crippen LogP contribution in [0.2, 0.25) is 0 Å². The molecule has 0 atom stereocenters. The zero-order valence-corrected chi connectivity index (χ0v) is 33.2. The predicted molar refractivity (Wildman–Crippen MR) is 213 cm³/mol. The molecule has 1 aliphatic rings. The van der Waals surface area contributed by atoms with E-state index in [4.69, 9.17) is 0 Å². The molecule has 0 aliphatic heterocycles. The first-order chi connectivity index (χ1) is 23.4. The SMILES string of the molecule is CC(C)(C)c1cc2c(cc1-c1ccccc1)[cH-]c1cc(-c3ccccc3)c(C(C)(C)C)cc12.CC(C)c1cc[c-]cc1.[C-]1=CC=CC1.[CH2]=[Zr]. The van der Waals surface area contributed by atoms with Crippen LogP contribution in [0.3, 0.4) is 0 Å². The van der Waals surface area contributed by atoms with Gasteiger partial charge in [-0.1, -0.05) is 128 Å². The summed E-state index contributed by atoms with van der Waals surface area (Å²) >= 11 is 1.30. The van der Waals surface area contributed by atoms with Gasteiger partial charge in [0.2, 0.25) is 0 Å². The Morgan fingerprint density at radius 3 is 1.41 bits per heavy atom. The molecule has 0 amide bonds. The van der Waals surface area contributed by atoms with E-state index in [9.17, 15) is 0 Å². The van der Waals surface area contributed by atoms with Gasteiger partial charge >= 0.3 is 28.4 Å². The van der Waals surface area contributed by atoms with E-state index in [1.54, 1.807) is 0 Å². The van der Waals surface area contributed by atoms with E-state index in [0.29, 0.717) is 5.92 Å². The van der Waals surface area contributed by atoms with Gasteiger partial charge in [0.05, 0.1) is 0 Å². The van der Waals surface area contributed by atoms with Gasteiger partial charge in [-0.25, -0.2) is 12.2 Å². The van der Waals surface area contributed by atoms with Crippen molar-refractivity contribution in [1.82, 2.24) is 0 Å². The van der Waals surface area contributed by atoms with Crippen molar-refractivity contribution in [3.05, 3.63) is 162 Å². The van der Waals surface area contributed by atoms with Crippen LogP contribution in [0.5, 0.6) is 0 Å². The van der Waals surface area contributed by atoms with Crippen molar-refractivity contribution in [1.29, 1.82) is 0 Å². The summed E-state index contributed by atoms with van der Waals surface area (Å²) in [5.41, 5.74) is 9.55. The summed E-state index contributed by atoms with van der Waals surface area (Å²) in [5, 5.41) is 5.36. The van der Waals surface area contributed by atoms with Gasteiger partial charge in [0, 0.05) is 0 Å². The Balaban J connectivity index is 0.000000278. The standard InChI is InChI=1S/C33H33.C9H11.C5H5.CH2.Zr/c1-32(2,3)30-20-26-24(18-28(30)22-13-9-7-10-14-22)17-25-19-29(23-15-11-8-12-16-23)31(21-27(25)26)33(4,5)6;1-8(2)9-6-4-3-5-7-9;1-2-4-5-3-1;;/h7-21H,1-6H3;4-8H,1-2H3;1-3H,4H2;1H2;/q3*-1;;. The summed E-state index contributed by atoms with van der Waals surface area (Å²) in [7, 11) is 0. The van der Waals surface area contributed by atoms with Gasteiger partial charge in [0.15, 0.2) is 0 Å². The third-order valence-corrected chi connectivity index (χ3v) is 8.76. The van der Waals surface area contributed by atoms with E-state index in [1.807, 2.05) is 24.3 Å². The van der Waals surface area contributed by atoms with Gasteiger partial charge in [-0.05, 0) is 50.1 Å². The first-order valence-corrected chi connectivity index (χ1v) is 19.0. The zero-order chi connectivity index (χ0) is 35.6. The van der Waals surface area contributed by atoms with Crippen LogP contribution in [0.1, 0.15) is 84.4 Å². The second kappa shape index (κ2) is 17.2. The van der Waals surface area contributed by atoms with Gasteiger partial charge in [-0.15, -0.1) is 46.2 Å². The molecule has 0 unspecified atom stereocenters. The van der Waals surface area contributed by atoms with Gasteiger partial charge in [-0.3, -0.25) is 6.08 Å². The van der Waals surface area contributed by atoms with Crippen molar-refractivity contribution in [3.63, 3.8) is 0 Å². The number of fused-ring (bicyclic) bond motifs is 3. The first kappa shape index (κ1) is 38.0. The number of hydrogen-bond acceptors (Lipinski definition) is 0. The van der Waals surface area contributed by atoms with Crippen LogP contribution in [-0.4, -0.2) is 4.21 Å². The Morgan fingerprint density at radius 2 is 1.10 bits per heavy atom. The van der Waals surface area contributed by atoms with Crippen molar-refractivity contribution < 1.29 is 24.2 Å². The zero-order valence-electron chi connectivity index (χ0n) is 30.7. The molecule has 0 nitrogen and oxygen atoms in total. The van der Waals surface area contributed by atoms with Gasteiger partial charge in [0.1, 0.15) is 0 Å². The molecule has 0 spiro atoms. The number of allylic oxidation sites excluding steroid dienone is 4. The molecule has 6 aromatic carbocycles. The maximum atomic E-state index is 3.34. The van der Waals surface area contributed by atoms with Crippen LogP contribution in [0.25, 0.3) is 43.8 Å². The fraction of sp³-hybridized carbons (Fsp3) is 0.250. The second-order valence-corrected chi connectivity index (χ2v) is 14.8. The molecule has 0 saturated carbocycles. The van der Waals surface area contributed by atoms with Crippen molar-refractivity contribution in [2.24, 2.45) is 0 Å². The van der Waals surface area contributed by atoms with Crippen molar-refractivity contribution in [2.75, 3.05) is 0 Å². The molecule has 0 heterocycles. The normalized spacial score (nSPS) is 12.2. The van der Waals surface area contributed by atoms with Crippen molar-refractivity contribution in [3.8, 4) is 22.3 Å². The third kappa shape index (κ3) is 9.89. The Morgan fingerprint density at radius 1 is 0.653 bits per heavy atom. The molecule has 0 saturated heterocycles.